The molecular formula is C27H24N6O3S2. The lowest BCUT2D eigenvalue weighted by molar-refractivity contribution is 0.0948. The third kappa shape index (κ3) is 5.84. The van der Waals surface area contributed by atoms with Crippen molar-refractivity contribution >= 4 is 45.5 Å². The zero-order valence-electron chi connectivity index (χ0n) is 20.3. The second-order valence-corrected chi connectivity index (χ2v) is 10.6. The average Bonchev–Trinajstić information content (AvgIpc) is 3.66. The van der Waals surface area contributed by atoms with Crippen molar-refractivity contribution in [1.82, 2.24) is 15.3 Å². The fraction of sp³-hybridized carbons (Fsp3) is 0.185. The summed E-state index contributed by atoms with van der Waals surface area (Å²) in [5.74, 6) is -0.530. The van der Waals surface area contributed by atoms with Crippen LogP contribution in [0.4, 0.5) is 15.6 Å². The summed E-state index contributed by atoms with van der Waals surface area (Å²) in [5, 5.41) is 22.2. The van der Waals surface area contributed by atoms with Crippen LogP contribution in [0.15, 0.2) is 72.2 Å². The van der Waals surface area contributed by atoms with Crippen molar-refractivity contribution in [1.29, 1.82) is 5.26 Å². The molecule has 0 aliphatic carbocycles. The van der Waals surface area contributed by atoms with Gasteiger partial charge < -0.3 is 10.0 Å². The van der Waals surface area contributed by atoms with Crippen molar-refractivity contribution in [3.63, 3.8) is 0 Å². The lowest BCUT2D eigenvalue weighted by Gasteiger charge is -2.34. The first-order chi connectivity index (χ1) is 18.5. The van der Waals surface area contributed by atoms with Crippen LogP contribution in [0.2, 0.25) is 0 Å². The van der Waals surface area contributed by atoms with E-state index in [1.807, 2.05) is 53.9 Å². The topological polar surface area (TPSA) is 113 Å². The summed E-state index contributed by atoms with van der Waals surface area (Å²) in [7, 11) is 0. The number of piperazine rings is 1. The van der Waals surface area contributed by atoms with Crippen molar-refractivity contribution < 1.29 is 14.7 Å². The van der Waals surface area contributed by atoms with Crippen LogP contribution in [-0.2, 0) is 6.54 Å². The fourth-order valence-corrected chi connectivity index (χ4v) is 5.74. The molecule has 3 heterocycles. The molecule has 1 fully saturated rings. The lowest BCUT2D eigenvalue weighted by atomic mass is 10.1. The summed E-state index contributed by atoms with van der Waals surface area (Å²) < 4.78 is 0. The molecule has 38 heavy (non-hydrogen) atoms. The molecule has 0 atom stereocenters. The van der Waals surface area contributed by atoms with Crippen LogP contribution in [0.1, 0.15) is 20.8 Å². The highest BCUT2D eigenvalue weighted by atomic mass is 32.1. The minimum atomic E-state index is -1.29. The van der Waals surface area contributed by atoms with Gasteiger partial charge in [0.25, 0.3) is 5.91 Å². The van der Waals surface area contributed by atoms with Gasteiger partial charge in [-0.1, -0.05) is 41.7 Å². The fourth-order valence-electron chi connectivity index (χ4n) is 4.15. The Hall–Kier alpha value is -4.24. The third-order valence-electron chi connectivity index (χ3n) is 6.19. The number of hydrogen-bond acceptors (Lipinski definition) is 8. The molecule has 2 amide bonds. The Morgan fingerprint density at radius 3 is 2.42 bits per heavy atom. The second kappa shape index (κ2) is 11.4. The molecule has 0 spiro atoms. The van der Waals surface area contributed by atoms with Crippen molar-refractivity contribution in [2.45, 2.75) is 6.54 Å². The number of rotatable bonds is 6. The number of anilines is 2. The van der Waals surface area contributed by atoms with Gasteiger partial charge in [-0.15, -0.1) is 11.3 Å². The zero-order valence-corrected chi connectivity index (χ0v) is 21.9. The van der Waals surface area contributed by atoms with Gasteiger partial charge in [0.2, 0.25) is 0 Å². The maximum Gasteiger partial charge on any atom is 0.431 e. The summed E-state index contributed by atoms with van der Waals surface area (Å²) in [5.41, 5.74) is 5.62. The van der Waals surface area contributed by atoms with Crippen molar-refractivity contribution in [2.75, 3.05) is 36.1 Å². The number of carboxylic acid groups (broad SMARTS) is 1. The Labute approximate surface area is 227 Å². The quantitative estimate of drug-likeness (QED) is 0.332. The maximum absolute atomic E-state index is 12.9. The van der Waals surface area contributed by atoms with Gasteiger partial charge in [0.05, 0.1) is 23.5 Å². The van der Waals surface area contributed by atoms with Crippen molar-refractivity contribution in [2.24, 2.45) is 0 Å². The number of nitrogens with zero attached hydrogens (tertiary/aromatic N) is 5. The van der Waals surface area contributed by atoms with E-state index in [4.69, 9.17) is 5.26 Å². The Kier molecular flexibility index (Phi) is 7.65. The highest BCUT2D eigenvalue weighted by Gasteiger charge is 2.23. The standard InChI is InChI=1S/C27H24N6O3S2/c28-16-19-3-5-20(6-4-19)18-31-11-13-32(14-12-31)26-29-17-24(38-26)25(34)30-33(27(35)36)22-9-7-21(8-10-22)23-2-1-15-37-23/h1-10,15,17H,11-14,18H2,(H,30,34)(H,35,36). The largest absolute Gasteiger partial charge is 0.463 e. The van der Waals surface area contributed by atoms with Gasteiger partial charge in [0.15, 0.2) is 5.13 Å². The van der Waals surface area contributed by atoms with Crippen molar-refractivity contribution in [3.05, 3.63) is 88.2 Å². The van der Waals surface area contributed by atoms with Crippen LogP contribution in [0.3, 0.4) is 0 Å². The number of nitriles is 1. The van der Waals surface area contributed by atoms with Crippen LogP contribution >= 0.6 is 22.7 Å². The van der Waals surface area contributed by atoms with Crippen LogP contribution in [-0.4, -0.2) is 53.2 Å². The predicted molar refractivity (Wildman–Crippen MR) is 148 cm³/mol. The molecule has 0 radical (unpaired) electrons. The smallest absolute Gasteiger partial charge is 0.431 e. The second-order valence-electron chi connectivity index (χ2n) is 8.66. The molecule has 2 aromatic heterocycles. The number of carbonyl (C=O) groups excluding carboxylic acids is 1. The highest BCUT2D eigenvalue weighted by molar-refractivity contribution is 7.17. The monoisotopic (exact) mass is 544 g/mol. The summed E-state index contributed by atoms with van der Waals surface area (Å²) in [6.07, 6.45) is 0.198. The summed E-state index contributed by atoms with van der Waals surface area (Å²) in [4.78, 5) is 35.1. The molecule has 1 aliphatic heterocycles. The van der Waals surface area contributed by atoms with E-state index >= 15 is 0 Å². The van der Waals surface area contributed by atoms with Crippen molar-refractivity contribution in [3.8, 4) is 16.5 Å². The summed E-state index contributed by atoms with van der Waals surface area (Å²) in [6.45, 7) is 4.03. The molecule has 0 saturated carbocycles. The van der Waals surface area contributed by atoms with Crippen LogP contribution in [0, 0.1) is 11.3 Å². The lowest BCUT2D eigenvalue weighted by Crippen LogP contribution is -2.46. The Balaban J connectivity index is 1.18. The van der Waals surface area contributed by atoms with Gasteiger partial charge in [-0.2, -0.15) is 10.3 Å². The molecule has 11 heteroatoms. The van der Waals surface area contributed by atoms with E-state index in [9.17, 15) is 14.7 Å². The van der Waals surface area contributed by atoms with E-state index < -0.39 is 12.0 Å². The van der Waals surface area contributed by atoms with E-state index in [1.165, 1.54) is 17.5 Å². The molecule has 2 N–H and O–H groups in total. The molecular weight excluding hydrogens is 520 g/mol. The van der Waals surface area contributed by atoms with Gasteiger partial charge >= 0.3 is 6.09 Å². The molecule has 5 rings (SSSR count). The Morgan fingerprint density at radius 1 is 1.05 bits per heavy atom. The first-order valence-corrected chi connectivity index (χ1v) is 13.6. The number of amides is 2. The SMILES string of the molecule is N#Cc1ccc(CN2CCN(c3ncc(C(=O)NN(C(=O)O)c4ccc(-c5cccs5)cc4)s3)CC2)cc1. The van der Waals surface area contributed by atoms with Crippen LogP contribution in [0.25, 0.3) is 10.4 Å². The molecule has 0 bridgehead atoms. The van der Waals surface area contributed by atoms with Crippen LogP contribution in [0.5, 0.6) is 0 Å². The number of nitrogens with one attached hydrogen (secondary N) is 1. The normalized spacial score (nSPS) is 13.6. The number of thiophene rings is 1. The van der Waals surface area contributed by atoms with Gasteiger partial charge in [0.1, 0.15) is 4.88 Å². The molecule has 1 saturated heterocycles. The van der Waals surface area contributed by atoms with Gasteiger partial charge in [-0.25, -0.2) is 9.78 Å². The molecule has 2 aromatic carbocycles. The summed E-state index contributed by atoms with van der Waals surface area (Å²) in [6, 6.07) is 20.7. The minimum absolute atomic E-state index is 0.335. The molecule has 4 aromatic rings. The first-order valence-electron chi connectivity index (χ1n) is 11.9. The van der Waals surface area contributed by atoms with Crippen LogP contribution < -0.4 is 15.3 Å². The van der Waals surface area contributed by atoms with E-state index in [1.54, 1.807) is 23.5 Å². The molecule has 0 unspecified atom stereocenters. The molecule has 192 valence electrons. The van der Waals surface area contributed by atoms with Gasteiger partial charge in [0, 0.05) is 37.6 Å². The van der Waals surface area contributed by atoms with Gasteiger partial charge in [-0.3, -0.25) is 15.1 Å². The summed E-state index contributed by atoms with van der Waals surface area (Å²) >= 11 is 2.84. The average molecular weight is 545 g/mol. The van der Waals surface area contributed by atoms with E-state index in [2.05, 4.69) is 26.3 Å². The third-order valence-corrected chi connectivity index (χ3v) is 8.16. The van der Waals surface area contributed by atoms with Gasteiger partial charge in [-0.05, 0) is 46.8 Å². The first kappa shape index (κ1) is 25.4. The minimum Gasteiger partial charge on any atom is -0.463 e. The van der Waals surface area contributed by atoms with E-state index in [0.29, 0.717) is 16.1 Å². The zero-order chi connectivity index (χ0) is 26.5. The van der Waals surface area contributed by atoms with E-state index in [0.717, 1.165) is 58.9 Å². The maximum atomic E-state index is 12.9. The Morgan fingerprint density at radius 2 is 1.79 bits per heavy atom. The number of carbonyl (C=O) groups is 2. The molecule has 9 nitrogen and oxygen atoms in total. The number of hydrogen-bond donors (Lipinski definition) is 2. The highest BCUT2D eigenvalue weighted by Crippen LogP contribution is 2.27. The number of benzene rings is 2. The Bertz CT molecular complexity index is 1440. The predicted octanol–water partition coefficient (Wildman–Crippen LogP) is 4.89. The number of hydrazine groups is 1. The molecule has 1 aliphatic rings. The number of aromatic nitrogens is 1. The number of thiazole rings is 1. The van der Waals surface area contributed by atoms with E-state index in [-0.39, 0.29) is 0 Å².